The summed E-state index contributed by atoms with van der Waals surface area (Å²) >= 11 is 0. The summed E-state index contributed by atoms with van der Waals surface area (Å²) in [4.78, 5) is 96.3. The zero-order valence-electron chi connectivity index (χ0n) is 34.9. The van der Waals surface area contributed by atoms with Crippen molar-refractivity contribution in [3.8, 4) is 11.8 Å². The Bertz CT molecular complexity index is 1370. The summed E-state index contributed by atoms with van der Waals surface area (Å²) in [5.74, 6) is -1.21. The van der Waals surface area contributed by atoms with Gasteiger partial charge in [-0.15, -0.1) is 0 Å². The third-order valence-corrected chi connectivity index (χ3v) is 8.92. The molecule has 0 aromatic rings. The molecule has 0 aliphatic rings. The second kappa shape index (κ2) is 22.7. The number of aliphatic carboxylic acids is 2. The van der Waals surface area contributed by atoms with Crippen LogP contribution in [0.25, 0.3) is 0 Å². The van der Waals surface area contributed by atoms with Gasteiger partial charge in [0.05, 0.1) is 11.2 Å². The smallest absolute Gasteiger partial charge is 0.325 e. The number of ether oxygens (including phenoxy) is 2. The van der Waals surface area contributed by atoms with Crippen molar-refractivity contribution in [3.63, 3.8) is 0 Å². The summed E-state index contributed by atoms with van der Waals surface area (Å²) in [5.41, 5.74) is -3.16. The highest BCUT2D eigenvalue weighted by Gasteiger charge is 2.33. The third kappa shape index (κ3) is 20.8. The van der Waals surface area contributed by atoms with Crippen LogP contribution >= 0.6 is 0 Å². The van der Waals surface area contributed by atoms with Gasteiger partial charge in [-0.2, -0.15) is 0 Å². The van der Waals surface area contributed by atoms with Gasteiger partial charge in [0.2, 0.25) is 23.6 Å². The molecular formula is C38H64N6O12. The van der Waals surface area contributed by atoms with E-state index in [0.29, 0.717) is 25.7 Å². The van der Waals surface area contributed by atoms with Gasteiger partial charge in [-0.25, -0.2) is 0 Å². The molecule has 0 saturated heterocycles. The fraction of sp³-hybridized carbons (Fsp3) is 0.737. The third-order valence-electron chi connectivity index (χ3n) is 8.92. The van der Waals surface area contributed by atoms with Gasteiger partial charge in [-0.1, -0.05) is 27.7 Å². The fourth-order valence-electron chi connectivity index (χ4n) is 4.41. The second-order valence-corrected chi connectivity index (χ2v) is 16.3. The summed E-state index contributed by atoms with van der Waals surface area (Å²) < 4.78 is 11.9. The summed E-state index contributed by atoms with van der Waals surface area (Å²) in [6.45, 7) is 20.5. The lowest BCUT2D eigenvalue weighted by Gasteiger charge is -2.29. The maximum Gasteiger partial charge on any atom is 0.325 e. The Morgan fingerprint density at radius 3 is 1.09 bits per heavy atom. The number of hydrogen-bond donors (Lipinski definition) is 8. The largest absolute Gasteiger partial charge is 0.480 e. The van der Waals surface area contributed by atoms with Crippen LogP contribution < -0.4 is 31.9 Å². The van der Waals surface area contributed by atoms with Crippen molar-refractivity contribution >= 4 is 47.4 Å². The Morgan fingerprint density at radius 1 is 0.500 bits per heavy atom. The van der Waals surface area contributed by atoms with Crippen LogP contribution in [0.3, 0.4) is 0 Å². The Kier molecular flexibility index (Phi) is 20.8. The predicted octanol–water partition coefficient (Wildman–Crippen LogP) is 0.613. The zero-order chi connectivity index (χ0) is 43.7. The molecule has 0 aliphatic heterocycles. The van der Waals surface area contributed by atoms with Crippen LogP contribution in [0.5, 0.6) is 0 Å². The average Bonchev–Trinajstić information content (AvgIpc) is 3.06. The van der Waals surface area contributed by atoms with E-state index in [2.05, 4.69) is 43.7 Å². The molecule has 0 saturated carbocycles. The van der Waals surface area contributed by atoms with E-state index >= 15 is 0 Å². The first-order valence-electron chi connectivity index (χ1n) is 18.6. The molecule has 4 atom stereocenters. The standard InChI is InChI=1S/C38H64N6O12/c1-23(29(47)41-25(3)31(49)50)43-33(53)35(5,6)17-21-55-37(9,10)15-19-39-27(45)13-14-28(46)40-20-16-38(11,12)56-22-18-36(7,8)34(54)44-24(2)30(48)42-26(4)32(51)52/h23-26H,15-22H2,1-12H3,(H,39,45)(H,40,46)(H,41,47)(H,42,48)(H,43,53)(H,44,54)(H,49,50)(H,51,52). The van der Waals surface area contributed by atoms with E-state index in [1.54, 1.807) is 27.7 Å². The Labute approximate surface area is 330 Å². The minimum Gasteiger partial charge on any atom is -0.480 e. The van der Waals surface area contributed by atoms with E-state index in [0.717, 1.165) is 0 Å². The molecule has 0 aromatic carbocycles. The average molecular weight is 797 g/mol. The Balaban J connectivity index is 4.59. The first kappa shape index (κ1) is 51.2. The van der Waals surface area contributed by atoms with Crippen LogP contribution in [-0.2, 0) is 47.8 Å². The summed E-state index contributed by atoms with van der Waals surface area (Å²) in [6.07, 6.45) is 1.44. The molecule has 0 aromatic heterocycles. The van der Waals surface area contributed by atoms with Crippen LogP contribution in [0, 0.1) is 22.7 Å². The van der Waals surface area contributed by atoms with Crippen molar-refractivity contribution < 1.29 is 58.0 Å². The van der Waals surface area contributed by atoms with Gasteiger partial charge in [0.25, 0.3) is 11.8 Å². The Morgan fingerprint density at radius 2 is 0.804 bits per heavy atom. The number of hydrogen-bond acceptors (Lipinski definition) is 10. The highest BCUT2D eigenvalue weighted by atomic mass is 16.5. The number of carbonyl (C=O) groups is 8. The van der Waals surface area contributed by atoms with Crippen LogP contribution in [0.4, 0.5) is 0 Å². The van der Waals surface area contributed by atoms with Gasteiger partial charge in [-0.3, -0.25) is 38.4 Å². The number of carbonyl (C=O) groups excluding carboxylic acids is 6. The van der Waals surface area contributed by atoms with Crippen LogP contribution in [0.15, 0.2) is 0 Å². The maximum absolute atomic E-state index is 12.8. The summed E-state index contributed by atoms with van der Waals surface area (Å²) in [6, 6.07) is -4.08. The van der Waals surface area contributed by atoms with Gasteiger partial charge in [0.1, 0.15) is 24.2 Å². The molecule has 0 bridgehead atoms. The highest BCUT2D eigenvalue weighted by molar-refractivity contribution is 6.02. The van der Waals surface area contributed by atoms with E-state index in [1.807, 2.05) is 27.7 Å². The molecule has 0 fully saturated rings. The topological polar surface area (TPSA) is 268 Å². The zero-order valence-corrected chi connectivity index (χ0v) is 34.9. The number of carboxylic acids is 2. The quantitative estimate of drug-likeness (QED) is 0.0625. The molecule has 56 heavy (non-hydrogen) atoms. The van der Waals surface area contributed by atoms with Gasteiger partial charge < -0.3 is 51.6 Å². The van der Waals surface area contributed by atoms with Crippen LogP contribution in [0.2, 0.25) is 0 Å². The van der Waals surface area contributed by atoms with Gasteiger partial charge in [-0.05, 0) is 81.1 Å². The number of carboxylic acid groups (broad SMARTS) is 2. The number of rotatable bonds is 24. The minimum atomic E-state index is -1.19. The van der Waals surface area contributed by atoms with Gasteiger partial charge in [0.15, 0.2) is 0 Å². The van der Waals surface area contributed by atoms with Crippen molar-refractivity contribution in [2.24, 2.45) is 10.8 Å². The van der Waals surface area contributed by atoms with Gasteiger partial charge >= 0.3 is 11.9 Å². The summed E-state index contributed by atoms with van der Waals surface area (Å²) in [5, 5.41) is 33.0. The first-order valence-corrected chi connectivity index (χ1v) is 18.6. The number of nitrogens with one attached hydrogen (secondary N) is 6. The molecule has 18 heteroatoms. The molecule has 0 aliphatic carbocycles. The Hall–Kier alpha value is -4.76. The molecular weight excluding hydrogens is 732 g/mol. The van der Waals surface area contributed by atoms with Crippen LogP contribution in [0.1, 0.15) is 109 Å². The molecule has 8 N–H and O–H groups in total. The van der Waals surface area contributed by atoms with E-state index in [1.165, 1.54) is 27.7 Å². The lowest BCUT2D eigenvalue weighted by Crippen LogP contribution is -2.52. The molecule has 0 heterocycles. The maximum atomic E-state index is 12.8. The fourth-order valence-corrected chi connectivity index (χ4v) is 4.41. The molecule has 6 amide bonds. The van der Waals surface area contributed by atoms with E-state index in [-0.39, 0.29) is 26.3 Å². The van der Waals surface area contributed by atoms with E-state index < -0.39 is 93.6 Å². The molecule has 0 radical (unpaired) electrons. The molecule has 4 unspecified atom stereocenters. The monoisotopic (exact) mass is 796 g/mol. The van der Waals surface area contributed by atoms with Crippen molar-refractivity contribution in [2.75, 3.05) is 26.3 Å². The SMILES string of the molecule is CC(NC(=O)C(C)NC(=O)C(C)(C)CCOC(C)(C)CCNC(=O)C#CC(=O)NCCC(C)(C)OCCC(C)(C)C(=O)NC(C)C(=O)NC(C)C(=O)O)C(=O)O. The van der Waals surface area contributed by atoms with Crippen molar-refractivity contribution in [1.29, 1.82) is 0 Å². The van der Waals surface area contributed by atoms with E-state index in [9.17, 15) is 38.4 Å². The normalized spacial score (nSPS) is 14.0. The minimum absolute atomic E-state index is 0.202. The second-order valence-electron chi connectivity index (χ2n) is 16.3. The predicted molar refractivity (Wildman–Crippen MR) is 206 cm³/mol. The van der Waals surface area contributed by atoms with Crippen molar-refractivity contribution in [3.05, 3.63) is 0 Å². The molecule has 318 valence electrons. The lowest BCUT2D eigenvalue weighted by atomic mass is 9.88. The lowest BCUT2D eigenvalue weighted by molar-refractivity contribution is -0.142. The summed E-state index contributed by atoms with van der Waals surface area (Å²) in [7, 11) is 0. The first-order chi connectivity index (χ1) is 25.5. The number of amides is 6. The highest BCUT2D eigenvalue weighted by Crippen LogP contribution is 2.24. The van der Waals surface area contributed by atoms with Gasteiger partial charge in [0, 0.05) is 49.0 Å². The molecule has 0 spiro atoms. The molecule has 0 rings (SSSR count). The van der Waals surface area contributed by atoms with Crippen molar-refractivity contribution in [2.45, 2.75) is 144 Å². The molecule has 18 nitrogen and oxygen atoms in total. The van der Waals surface area contributed by atoms with Crippen molar-refractivity contribution in [1.82, 2.24) is 31.9 Å². The van der Waals surface area contributed by atoms with Crippen LogP contribution in [-0.4, -0.2) is 119 Å². The van der Waals surface area contributed by atoms with E-state index in [4.69, 9.17) is 19.7 Å².